The van der Waals surface area contributed by atoms with Gasteiger partial charge < -0.3 is 10.1 Å². The molecule has 0 amide bonds. The van der Waals surface area contributed by atoms with Crippen molar-refractivity contribution in [3.05, 3.63) is 65.8 Å². The molecule has 126 valence electrons. The van der Waals surface area contributed by atoms with E-state index in [0.29, 0.717) is 16.4 Å². The van der Waals surface area contributed by atoms with Crippen LogP contribution in [0.3, 0.4) is 0 Å². The summed E-state index contributed by atoms with van der Waals surface area (Å²) in [6.45, 7) is 0. The van der Waals surface area contributed by atoms with Crippen LogP contribution >= 0.6 is 11.6 Å². The largest absolute Gasteiger partial charge is 0.507 e. The molecule has 2 aromatic heterocycles. The molecule has 0 fully saturated rings. The molecule has 0 spiro atoms. The Kier molecular flexibility index (Phi) is 3.23. The van der Waals surface area contributed by atoms with Crippen LogP contribution in [0.25, 0.3) is 44.5 Å². The topological polar surface area (TPSA) is 77.6 Å². The zero-order valence-electron chi connectivity index (χ0n) is 13.5. The van der Waals surface area contributed by atoms with Gasteiger partial charge in [0.1, 0.15) is 11.6 Å². The Morgan fingerprint density at radius 1 is 0.923 bits per heavy atom. The summed E-state index contributed by atoms with van der Waals surface area (Å²) in [6.07, 6.45) is 1.83. The molecule has 0 bridgehead atoms. The summed E-state index contributed by atoms with van der Waals surface area (Å²) in [5.74, 6) is 0.776. The molecule has 0 aliphatic rings. The lowest BCUT2D eigenvalue weighted by Crippen LogP contribution is -1.85. The molecule has 0 radical (unpaired) electrons. The van der Waals surface area contributed by atoms with Gasteiger partial charge in [-0.3, -0.25) is 5.10 Å². The lowest BCUT2D eigenvalue weighted by Gasteiger charge is -2.07. The van der Waals surface area contributed by atoms with E-state index < -0.39 is 0 Å². The van der Waals surface area contributed by atoms with Crippen molar-refractivity contribution in [3.8, 4) is 28.3 Å². The molecular formula is C20H13ClN4O. The zero-order chi connectivity index (χ0) is 17.7. The van der Waals surface area contributed by atoms with Crippen molar-refractivity contribution in [2.75, 3.05) is 0 Å². The summed E-state index contributed by atoms with van der Waals surface area (Å²) in [5, 5.41) is 19.1. The Hall–Kier alpha value is -3.31. The smallest absolute Gasteiger partial charge is 0.142 e. The van der Waals surface area contributed by atoms with E-state index in [0.717, 1.165) is 33.1 Å². The number of imidazole rings is 1. The number of fused-ring (bicyclic) bond motifs is 2. The fourth-order valence-corrected chi connectivity index (χ4v) is 3.34. The van der Waals surface area contributed by atoms with E-state index in [1.807, 2.05) is 54.7 Å². The molecule has 0 unspecified atom stereocenters. The van der Waals surface area contributed by atoms with Crippen molar-refractivity contribution in [2.45, 2.75) is 0 Å². The molecule has 5 nitrogen and oxygen atoms in total. The van der Waals surface area contributed by atoms with Crippen LogP contribution in [0.1, 0.15) is 0 Å². The Bertz CT molecular complexity index is 1220. The number of aromatic hydroxyl groups is 1. The van der Waals surface area contributed by atoms with Crippen molar-refractivity contribution in [1.82, 2.24) is 20.2 Å². The molecular weight excluding hydrogens is 348 g/mol. The third-order valence-corrected chi connectivity index (χ3v) is 4.68. The van der Waals surface area contributed by atoms with E-state index in [4.69, 9.17) is 11.6 Å². The van der Waals surface area contributed by atoms with Crippen molar-refractivity contribution in [2.24, 2.45) is 0 Å². The second kappa shape index (κ2) is 5.61. The minimum absolute atomic E-state index is 0.167. The molecule has 0 saturated heterocycles. The average Bonchev–Trinajstić information content (AvgIpc) is 3.25. The van der Waals surface area contributed by atoms with Crippen molar-refractivity contribution in [1.29, 1.82) is 0 Å². The number of aromatic amines is 2. The summed E-state index contributed by atoms with van der Waals surface area (Å²) >= 11 is 6.10. The average molecular weight is 361 g/mol. The van der Waals surface area contributed by atoms with E-state index in [1.165, 1.54) is 0 Å². The van der Waals surface area contributed by atoms with E-state index in [-0.39, 0.29) is 5.75 Å². The first-order valence-corrected chi connectivity index (χ1v) is 8.48. The summed E-state index contributed by atoms with van der Waals surface area (Å²) in [4.78, 5) is 7.92. The van der Waals surface area contributed by atoms with Crippen molar-refractivity contribution in [3.63, 3.8) is 0 Å². The maximum absolute atomic E-state index is 10.4. The van der Waals surface area contributed by atoms with E-state index >= 15 is 0 Å². The number of benzene rings is 3. The fourth-order valence-electron chi connectivity index (χ4n) is 3.15. The van der Waals surface area contributed by atoms with Crippen LogP contribution in [-0.4, -0.2) is 25.3 Å². The van der Waals surface area contributed by atoms with Gasteiger partial charge in [-0.2, -0.15) is 5.10 Å². The Morgan fingerprint density at radius 2 is 1.81 bits per heavy atom. The molecule has 5 aromatic rings. The summed E-state index contributed by atoms with van der Waals surface area (Å²) < 4.78 is 0. The lowest BCUT2D eigenvalue weighted by atomic mass is 10.0. The Morgan fingerprint density at radius 3 is 2.69 bits per heavy atom. The van der Waals surface area contributed by atoms with Gasteiger partial charge in [0, 0.05) is 16.6 Å². The number of phenols is 1. The molecule has 0 aliphatic heterocycles. The number of halogens is 1. The third-order valence-electron chi connectivity index (χ3n) is 4.44. The second-order valence-corrected chi connectivity index (χ2v) is 6.58. The summed E-state index contributed by atoms with van der Waals surface area (Å²) in [5.41, 5.74) is 5.13. The molecule has 0 aliphatic carbocycles. The summed E-state index contributed by atoms with van der Waals surface area (Å²) in [6, 6.07) is 17.0. The number of phenolic OH excluding ortho intramolecular Hbond substituents is 1. The van der Waals surface area contributed by atoms with Gasteiger partial charge in [-0.25, -0.2) is 4.98 Å². The Balaban J connectivity index is 1.67. The van der Waals surface area contributed by atoms with Gasteiger partial charge in [0.2, 0.25) is 0 Å². The number of hydrogen-bond donors (Lipinski definition) is 3. The van der Waals surface area contributed by atoms with Crippen LogP contribution in [-0.2, 0) is 0 Å². The highest BCUT2D eigenvalue weighted by atomic mass is 35.5. The standard InChI is InChI=1S/C20H13ClN4O/c21-14-3-1-2-11(6-14)12-4-5-19(26)15(7-12)20-23-17-8-13-10-22-25-16(13)9-18(17)24-20/h1-10,26H,(H,22,25)(H,23,24). The van der Waals surface area contributed by atoms with Gasteiger partial charge in [0.25, 0.3) is 0 Å². The van der Waals surface area contributed by atoms with E-state index in [2.05, 4.69) is 20.2 Å². The predicted octanol–water partition coefficient (Wildman–Crippen LogP) is 5.13. The molecule has 3 aromatic carbocycles. The van der Waals surface area contributed by atoms with Gasteiger partial charge in [0.05, 0.1) is 22.1 Å². The SMILES string of the molecule is Oc1ccc(-c2cccc(Cl)c2)cc1-c1nc2cc3c[nH]nc3cc2[nH]1. The number of rotatable bonds is 2. The van der Waals surface area contributed by atoms with Crippen LogP contribution in [0.15, 0.2) is 60.8 Å². The van der Waals surface area contributed by atoms with Gasteiger partial charge in [-0.1, -0.05) is 29.8 Å². The molecule has 3 N–H and O–H groups in total. The quantitative estimate of drug-likeness (QED) is 0.408. The number of H-pyrrole nitrogens is 2. The van der Waals surface area contributed by atoms with Crippen LogP contribution in [0.5, 0.6) is 5.75 Å². The van der Waals surface area contributed by atoms with Crippen molar-refractivity contribution >= 4 is 33.5 Å². The Labute approximate surface area is 153 Å². The van der Waals surface area contributed by atoms with E-state index in [9.17, 15) is 5.11 Å². The number of nitrogens with zero attached hydrogens (tertiary/aromatic N) is 2. The minimum atomic E-state index is 0.167. The number of hydrogen-bond acceptors (Lipinski definition) is 3. The molecule has 26 heavy (non-hydrogen) atoms. The van der Waals surface area contributed by atoms with Crippen LogP contribution in [0.2, 0.25) is 5.02 Å². The molecule has 2 heterocycles. The first-order valence-electron chi connectivity index (χ1n) is 8.10. The number of nitrogens with one attached hydrogen (secondary N) is 2. The fraction of sp³-hybridized carbons (Fsp3) is 0. The number of aromatic nitrogens is 4. The highest BCUT2D eigenvalue weighted by molar-refractivity contribution is 6.30. The molecule has 5 rings (SSSR count). The third kappa shape index (κ3) is 2.41. The highest BCUT2D eigenvalue weighted by Gasteiger charge is 2.13. The minimum Gasteiger partial charge on any atom is -0.507 e. The first kappa shape index (κ1) is 15.0. The second-order valence-electron chi connectivity index (χ2n) is 6.14. The van der Waals surface area contributed by atoms with Gasteiger partial charge in [-0.05, 0) is 47.5 Å². The molecule has 0 atom stereocenters. The highest BCUT2D eigenvalue weighted by Crippen LogP contribution is 2.34. The monoisotopic (exact) mass is 360 g/mol. The summed E-state index contributed by atoms with van der Waals surface area (Å²) in [7, 11) is 0. The predicted molar refractivity (Wildman–Crippen MR) is 103 cm³/mol. The normalized spacial score (nSPS) is 11.4. The van der Waals surface area contributed by atoms with Gasteiger partial charge >= 0.3 is 0 Å². The molecule has 0 saturated carbocycles. The van der Waals surface area contributed by atoms with Crippen LogP contribution in [0.4, 0.5) is 0 Å². The molecule has 6 heteroatoms. The lowest BCUT2D eigenvalue weighted by molar-refractivity contribution is 0.477. The maximum atomic E-state index is 10.4. The van der Waals surface area contributed by atoms with Crippen molar-refractivity contribution < 1.29 is 5.11 Å². The zero-order valence-corrected chi connectivity index (χ0v) is 14.2. The van der Waals surface area contributed by atoms with Crippen LogP contribution in [0, 0.1) is 0 Å². The van der Waals surface area contributed by atoms with Gasteiger partial charge in [-0.15, -0.1) is 0 Å². The maximum Gasteiger partial charge on any atom is 0.142 e. The van der Waals surface area contributed by atoms with Gasteiger partial charge in [0.15, 0.2) is 0 Å². The van der Waals surface area contributed by atoms with Crippen LogP contribution < -0.4 is 0 Å². The first-order chi connectivity index (χ1) is 12.7. The van der Waals surface area contributed by atoms with E-state index in [1.54, 1.807) is 6.07 Å².